The van der Waals surface area contributed by atoms with Gasteiger partial charge in [0.05, 0.1) is 21.5 Å². The molecule has 1 aromatic rings. The van der Waals surface area contributed by atoms with Crippen LogP contribution in [-0.2, 0) is 5.41 Å². The third-order valence-electron chi connectivity index (χ3n) is 3.28. The lowest BCUT2D eigenvalue weighted by Gasteiger charge is -2.28. The maximum absolute atomic E-state index is 9.56. The number of hydrogen-bond donors (Lipinski definition) is 3. The second-order valence-electron chi connectivity index (χ2n) is 4.67. The van der Waals surface area contributed by atoms with Crippen molar-refractivity contribution in [2.24, 2.45) is 0 Å². The molecule has 0 amide bonds. The molecule has 0 aliphatic carbocycles. The molecule has 0 unspecified atom stereocenters. The van der Waals surface area contributed by atoms with Crippen molar-refractivity contribution in [2.45, 2.75) is 37.4 Å². The maximum Gasteiger partial charge on any atom is 0.151 e. The van der Waals surface area contributed by atoms with Crippen LogP contribution in [0.4, 0.5) is 0 Å². The number of nitrogens with zero attached hydrogens (tertiary/aromatic N) is 1. The minimum absolute atomic E-state index is 0.0353. The Morgan fingerprint density at radius 1 is 1.20 bits per heavy atom. The van der Waals surface area contributed by atoms with E-state index >= 15 is 0 Å². The fraction of sp³-hybridized carbons (Fsp3) is 0.500. The Bertz CT molecular complexity index is 488. The number of aliphatic hydroxyl groups excluding tert-OH is 2. The summed E-state index contributed by atoms with van der Waals surface area (Å²) >= 11 is 11.9. The van der Waals surface area contributed by atoms with Gasteiger partial charge in [0.25, 0.3) is 0 Å². The predicted molar refractivity (Wildman–Crippen MR) is 77.5 cm³/mol. The van der Waals surface area contributed by atoms with Gasteiger partial charge in [0, 0.05) is 6.61 Å². The highest BCUT2D eigenvalue weighted by Gasteiger charge is 2.32. The second-order valence-corrected chi connectivity index (χ2v) is 5.48. The first-order chi connectivity index (χ1) is 9.45. The van der Waals surface area contributed by atoms with Gasteiger partial charge in [0.15, 0.2) is 6.29 Å². The van der Waals surface area contributed by atoms with Crippen LogP contribution in [0.5, 0.6) is 0 Å². The fourth-order valence-electron chi connectivity index (χ4n) is 2.14. The van der Waals surface area contributed by atoms with Gasteiger partial charge >= 0.3 is 0 Å². The van der Waals surface area contributed by atoms with E-state index in [2.05, 4.69) is 6.07 Å². The normalized spacial score (nSPS) is 14.1. The van der Waals surface area contributed by atoms with Crippen molar-refractivity contribution in [3.8, 4) is 6.07 Å². The van der Waals surface area contributed by atoms with Gasteiger partial charge in [-0.05, 0) is 43.4 Å². The van der Waals surface area contributed by atoms with E-state index in [4.69, 9.17) is 38.5 Å². The summed E-state index contributed by atoms with van der Waals surface area (Å²) in [5.74, 6) is 0. The van der Waals surface area contributed by atoms with Crippen LogP contribution in [0.1, 0.15) is 31.2 Å². The second kappa shape index (κ2) is 7.82. The minimum Gasteiger partial charge on any atom is -0.396 e. The fourth-order valence-corrected chi connectivity index (χ4v) is 2.44. The summed E-state index contributed by atoms with van der Waals surface area (Å²) in [7, 11) is 0. The van der Waals surface area contributed by atoms with Crippen molar-refractivity contribution in [3.63, 3.8) is 0 Å². The zero-order valence-corrected chi connectivity index (χ0v) is 12.4. The van der Waals surface area contributed by atoms with Crippen molar-refractivity contribution in [3.05, 3.63) is 33.8 Å². The topological polar surface area (TPSA) is 84.5 Å². The SMILES string of the molecule is N#C[C@](CCCO)(CCC(O)O)c1ccc(Cl)c(Cl)c1. The van der Waals surface area contributed by atoms with Crippen LogP contribution >= 0.6 is 23.2 Å². The van der Waals surface area contributed by atoms with Gasteiger partial charge in [0.1, 0.15) is 0 Å². The van der Waals surface area contributed by atoms with Crippen molar-refractivity contribution >= 4 is 23.2 Å². The van der Waals surface area contributed by atoms with Crippen LogP contribution < -0.4 is 0 Å². The molecule has 0 aliphatic rings. The first kappa shape index (κ1) is 17.2. The molecule has 1 atom stereocenters. The van der Waals surface area contributed by atoms with Crippen LogP contribution in [0.15, 0.2) is 18.2 Å². The molecule has 0 spiro atoms. The Kier molecular flexibility index (Phi) is 6.74. The minimum atomic E-state index is -1.47. The number of benzene rings is 1. The molecule has 0 bridgehead atoms. The van der Waals surface area contributed by atoms with Crippen molar-refractivity contribution in [2.75, 3.05) is 6.61 Å². The molecule has 6 heteroatoms. The van der Waals surface area contributed by atoms with E-state index in [1.165, 1.54) is 0 Å². The molecule has 0 aliphatic heterocycles. The Morgan fingerprint density at radius 3 is 2.40 bits per heavy atom. The smallest absolute Gasteiger partial charge is 0.151 e. The van der Waals surface area contributed by atoms with Gasteiger partial charge in [-0.15, -0.1) is 0 Å². The van der Waals surface area contributed by atoms with Gasteiger partial charge in [-0.25, -0.2) is 0 Å². The van der Waals surface area contributed by atoms with Crippen LogP contribution in [0.3, 0.4) is 0 Å². The van der Waals surface area contributed by atoms with E-state index in [1.54, 1.807) is 18.2 Å². The number of rotatable bonds is 7. The lowest BCUT2D eigenvalue weighted by atomic mass is 9.74. The Morgan fingerprint density at radius 2 is 1.90 bits per heavy atom. The van der Waals surface area contributed by atoms with E-state index in [0.29, 0.717) is 28.5 Å². The zero-order chi connectivity index (χ0) is 15.2. The summed E-state index contributed by atoms with van der Waals surface area (Å²) in [5, 5.41) is 37.4. The standard InChI is InChI=1S/C14H17Cl2NO3/c15-11-3-2-10(8-12(11)16)14(9-17,5-1-7-18)6-4-13(19)20/h2-3,8,13,18-20H,1,4-7H2/t14-/m0/s1. The zero-order valence-electron chi connectivity index (χ0n) is 10.9. The molecule has 3 N–H and O–H groups in total. The molecule has 110 valence electrons. The third kappa shape index (κ3) is 4.34. The van der Waals surface area contributed by atoms with E-state index in [-0.39, 0.29) is 19.4 Å². The molecule has 1 rings (SSSR count). The Hall–Kier alpha value is -0.830. The van der Waals surface area contributed by atoms with Crippen molar-refractivity contribution in [1.29, 1.82) is 5.26 Å². The molecule has 0 saturated heterocycles. The molecule has 0 saturated carbocycles. The highest BCUT2D eigenvalue weighted by atomic mass is 35.5. The van der Waals surface area contributed by atoms with E-state index in [1.807, 2.05) is 0 Å². The molecule has 0 heterocycles. The Labute approximate surface area is 128 Å². The monoisotopic (exact) mass is 317 g/mol. The van der Waals surface area contributed by atoms with Crippen molar-refractivity contribution in [1.82, 2.24) is 0 Å². The van der Waals surface area contributed by atoms with Gasteiger partial charge in [-0.2, -0.15) is 5.26 Å². The lowest BCUT2D eigenvalue weighted by Crippen LogP contribution is -2.26. The van der Waals surface area contributed by atoms with Gasteiger partial charge in [-0.1, -0.05) is 29.3 Å². The summed E-state index contributed by atoms with van der Waals surface area (Å²) in [5.41, 5.74) is -0.246. The summed E-state index contributed by atoms with van der Waals surface area (Å²) in [6.45, 7) is -0.0353. The molecule has 20 heavy (non-hydrogen) atoms. The van der Waals surface area contributed by atoms with Crippen LogP contribution in [0.2, 0.25) is 10.0 Å². The average Bonchev–Trinajstić information content (AvgIpc) is 2.43. The molecule has 0 aromatic heterocycles. The number of halogens is 2. The third-order valence-corrected chi connectivity index (χ3v) is 4.02. The number of hydrogen-bond acceptors (Lipinski definition) is 4. The number of aliphatic hydroxyl groups is 3. The summed E-state index contributed by atoms with van der Waals surface area (Å²) in [6.07, 6.45) is -0.294. The molecular weight excluding hydrogens is 301 g/mol. The quantitative estimate of drug-likeness (QED) is 0.675. The van der Waals surface area contributed by atoms with Gasteiger partial charge in [-0.3, -0.25) is 0 Å². The number of nitriles is 1. The highest BCUT2D eigenvalue weighted by molar-refractivity contribution is 6.42. The molecule has 1 aromatic carbocycles. The highest BCUT2D eigenvalue weighted by Crippen LogP contribution is 2.37. The van der Waals surface area contributed by atoms with E-state index in [0.717, 1.165) is 0 Å². The van der Waals surface area contributed by atoms with Gasteiger partial charge < -0.3 is 15.3 Å². The van der Waals surface area contributed by atoms with Crippen LogP contribution in [0.25, 0.3) is 0 Å². The van der Waals surface area contributed by atoms with Crippen LogP contribution in [-0.4, -0.2) is 28.2 Å². The summed E-state index contributed by atoms with van der Waals surface area (Å²) in [4.78, 5) is 0. The summed E-state index contributed by atoms with van der Waals surface area (Å²) in [6, 6.07) is 7.17. The molecule has 4 nitrogen and oxygen atoms in total. The molecular formula is C14H17Cl2NO3. The lowest BCUT2D eigenvalue weighted by molar-refractivity contribution is -0.0490. The van der Waals surface area contributed by atoms with E-state index < -0.39 is 11.7 Å². The van der Waals surface area contributed by atoms with Crippen molar-refractivity contribution < 1.29 is 15.3 Å². The van der Waals surface area contributed by atoms with Gasteiger partial charge in [0.2, 0.25) is 0 Å². The molecule has 0 radical (unpaired) electrons. The van der Waals surface area contributed by atoms with E-state index in [9.17, 15) is 5.26 Å². The summed E-state index contributed by atoms with van der Waals surface area (Å²) < 4.78 is 0. The van der Waals surface area contributed by atoms with Crippen LogP contribution in [0, 0.1) is 11.3 Å². The molecule has 0 fully saturated rings. The first-order valence-electron chi connectivity index (χ1n) is 6.29. The predicted octanol–water partition coefficient (Wildman–Crippen LogP) is 2.62. The maximum atomic E-state index is 9.56. The average molecular weight is 318 g/mol. The largest absolute Gasteiger partial charge is 0.396 e. The first-order valence-corrected chi connectivity index (χ1v) is 7.04. The Balaban J connectivity index is 3.12.